The number of nitrogens with one attached hydrogen (secondary N) is 1. The van der Waals surface area contributed by atoms with Crippen LogP contribution < -0.4 is 5.32 Å². The van der Waals surface area contributed by atoms with Crippen molar-refractivity contribution in [3.05, 3.63) is 35.9 Å². The summed E-state index contributed by atoms with van der Waals surface area (Å²) in [6.07, 6.45) is 0. The zero-order valence-electron chi connectivity index (χ0n) is 10.3. The quantitative estimate of drug-likeness (QED) is 0.406. The summed E-state index contributed by atoms with van der Waals surface area (Å²) < 4.78 is 5.22. The number of hydrogen-bond donors (Lipinski definition) is 3. The molecular formula is C13H17NO4. The van der Waals surface area contributed by atoms with Crippen LogP contribution in [0.25, 0.3) is 0 Å². The first-order valence-electron chi connectivity index (χ1n) is 5.53. The van der Waals surface area contributed by atoms with E-state index in [1.165, 1.54) is 18.2 Å². The molecule has 0 saturated carbocycles. The third-order valence-corrected chi connectivity index (χ3v) is 2.12. The van der Waals surface area contributed by atoms with Gasteiger partial charge in [0.1, 0.15) is 0 Å². The highest BCUT2D eigenvalue weighted by molar-refractivity contribution is 5.94. The van der Waals surface area contributed by atoms with Crippen LogP contribution in [-0.4, -0.2) is 35.9 Å². The SMILES string of the molecule is C=C(C)COCCNC(=O)c1ccc(O)c(O)c1. The van der Waals surface area contributed by atoms with Crippen molar-refractivity contribution in [3.8, 4) is 11.5 Å². The van der Waals surface area contributed by atoms with Gasteiger partial charge in [0, 0.05) is 12.1 Å². The monoisotopic (exact) mass is 251 g/mol. The molecule has 0 heterocycles. The molecule has 0 aromatic heterocycles. The Hall–Kier alpha value is -2.01. The minimum atomic E-state index is -0.329. The van der Waals surface area contributed by atoms with Crippen LogP contribution in [0.5, 0.6) is 11.5 Å². The number of carbonyl (C=O) groups excluding carboxylic acids is 1. The minimum absolute atomic E-state index is 0.253. The summed E-state index contributed by atoms with van der Waals surface area (Å²) in [6.45, 7) is 6.78. The Kier molecular flexibility index (Phi) is 5.20. The molecule has 5 heteroatoms. The van der Waals surface area contributed by atoms with Gasteiger partial charge in [-0.25, -0.2) is 0 Å². The van der Waals surface area contributed by atoms with Crippen LogP contribution in [0.2, 0.25) is 0 Å². The highest BCUT2D eigenvalue weighted by atomic mass is 16.5. The predicted octanol–water partition coefficient (Wildman–Crippen LogP) is 1.42. The van der Waals surface area contributed by atoms with Gasteiger partial charge in [0.15, 0.2) is 11.5 Å². The fraction of sp³-hybridized carbons (Fsp3) is 0.308. The lowest BCUT2D eigenvalue weighted by Gasteiger charge is -2.07. The van der Waals surface area contributed by atoms with Crippen LogP contribution in [0.4, 0.5) is 0 Å². The van der Waals surface area contributed by atoms with E-state index < -0.39 is 0 Å². The first-order valence-corrected chi connectivity index (χ1v) is 5.53. The zero-order valence-corrected chi connectivity index (χ0v) is 10.3. The number of rotatable bonds is 6. The molecule has 0 atom stereocenters. The Morgan fingerprint density at radius 3 is 2.72 bits per heavy atom. The summed E-state index contributed by atoms with van der Waals surface area (Å²) in [7, 11) is 0. The number of benzene rings is 1. The van der Waals surface area contributed by atoms with Crippen LogP contribution >= 0.6 is 0 Å². The molecule has 0 spiro atoms. The highest BCUT2D eigenvalue weighted by Crippen LogP contribution is 2.24. The van der Waals surface area contributed by atoms with Crippen molar-refractivity contribution in [2.45, 2.75) is 6.92 Å². The van der Waals surface area contributed by atoms with E-state index in [2.05, 4.69) is 11.9 Å². The van der Waals surface area contributed by atoms with Crippen LogP contribution in [-0.2, 0) is 4.74 Å². The third kappa shape index (κ3) is 4.47. The van der Waals surface area contributed by atoms with Crippen LogP contribution in [0.15, 0.2) is 30.4 Å². The molecule has 3 N–H and O–H groups in total. The van der Waals surface area contributed by atoms with E-state index in [4.69, 9.17) is 9.84 Å². The fourth-order valence-corrected chi connectivity index (χ4v) is 1.25. The second kappa shape index (κ2) is 6.66. The number of phenolic OH excluding ortho intramolecular Hbond substituents is 2. The number of hydrogen-bond acceptors (Lipinski definition) is 4. The number of phenols is 2. The van der Waals surface area contributed by atoms with E-state index in [1.54, 1.807) is 0 Å². The molecule has 0 bridgehead atoms. The Labute approximate surface area is 106 Å². The molecule has 1 aromatic carbocycles. The molecule has 98 valence electrons. The Bertz CT molecular complexity index is 443. The molecule has 0 radical (unpaired) electrons. The van der Waals surface area contributed by atoms with Crippen LogP contribution in [0.3, 0.4) is 0 Å². The summed E-state index contributed by atoms with van der Waals surface area (Å²) in [6, 6.07) is 3.90. The summed E-state index contributed by atoms with van der Waals surface area (Å²) in [4.78, 5) is 11.6. The first-order chi connectivity index (χ1) is 8.50. The van der Waals surface area contributed by atoms with Crippen molar-refractivity contribution in [1.82, 2.24) is 5.32 Å². The van der Waals surface area contributed by atoms with Crippen LogP contribution in [0.1, 0.15) is 17.3 Å². The topological polar surface area (TPSA) is 78.8 Å². The summed E-state index contributed by atoms with van der Waals surface area (Å²) in [5.41, 5.74) is 1.20. The largest absolute Gasteiger partial charge is 0.504 e. The maximum atomic E-state index is 11.6. The van der Waals surface area contributed by atoms with Gasteiger partial charge < -0.3 is 20.3 Å². The molecule has 5 nitrogen and oxygen atoms in total. The number of carbonyl (C=O) groups is 1. The smallest absolute Gasteiger partial charge is 0.251 e. The molecular weight excluding hydrogens is 234 g/mol. The molecule has 18 heavy (non-hydrogen) atoms. The number of amides is 1. The van der Waals surface area contributed by atoms with Gasteiger partial charge in [-0.3, -0.25) is 4.79 Å². The molecule has 0 saturated heterocycles. The fourth-order valence-electron chi connectivity index (χ4n) is 1.25. The third-order valence-electron chi connectivity index (χ3n) is 2.12. The van der Waals surface area contributed by atoms with Crippen molar-refractivity contribution < 1.29 is 19.7 Å². The van der Waals surface area contributed by atoms with E-state index in [1.807, 2.05) is 6.92 Å². The van der Waals surface area contributed by atoms with Gasteiger partial charge in [-0.1, -0.05) is 12.2 Å². The van der Waals surface area contributed by atoms with E-state index in [-0.39, 0.29) is 23.0 Å². The molecule has 0 aliphatic carbocycles. The molecule has 0 aliphatic rings. The molecule has 1 aromatic rings. The Morgan fingerprint density at radius 1 is 1.39 bits per heavy atom. The highest BCUT2D eigenvalue weighted by Gasteiger charge is 2.07. The average Bonchev–Trinajstić information content (AvgIpc) is 2.31. The normalized spacial score (nSPS) is 10.1. The zero-order chi connectivity index (χ0) is 13.5. The average molecular weight is 251 g/mol. The van der Waals surface area contributed by atoms with Crippen LogP contribution in [0, 0.1) is 0 Å². The summed E-state index contributed by atoms with van der Waals surface area (Å²) in [5, 5.41) is 21.0. The van der Waals surface area contributed by atoms with Crippen molar-refractivity contribution in [2.75, 3.05) is 19.8 Å². The molecule has 0 unspecified atom stereocenters. The maximum absolute atomic E-state index is 11.6. The molecule has 0 aliphatic heterocycles. The van der Waals surface area contributed by atoms with Gasteiger partial charge in [0.2, 0.25) is 0 Å². The standard InChI is InChI=1S/C13H17NO4/c1-9(2)8-18-6-5-14-13(17)10-3-4-11(15)12(16)7-10/h3-4,7,15-16H,1,5-6,8H2,2H3,(H,14,17). The van der Waals surface area contributed by atoms with Crippen molar-refractivity contribution in [2.24, 2.45) is 0 Å². The Morgan fingerprint density at radius 2 is 2.11 bits per heavy atom. The van der Waals surface area contributed by atoms with E-state index in [0.717, 1.165) is 5.57 Å². The van der Waals surface area contributed by atoms with Gasteiger partial charge in [0.05, 0.1) is 13.2 Å². The first kappa shape index (κ1) is 14.1. The summed E-state index contributed by atoms with van der Waals surface area (Å²) >= 11 is 0. The lowest BCUT2D eigenvalue weighted by molar-refractivity contribution is 0.0926. The van der Waals surface area contributed by atoms with Crippen molar-refractivity contribution >= 4 is 5.91 Å². The van der Waals surface area contributed by atoms with Gasteiger partial charge in [-0.2, -0.15) is 0 Å². The Balaban J connectivity index is 2.36. The molecule has 0 fully saturated rings. The second-order valence-electron chi connectivity index (χ2n) is 3.97. The molecule has 1 rings (SSSR count). The van der Waals surface area contributed by atoms with Gasteiger partial charge in [-0.05, 0) is 25.1 Å². The van der Waals surface area contributed by atoms with E-state index in [0.29, 0.717) is 19.8 Å². The lowest BCUT2D eigenvalue weighted by atomic mass is 10.2. The number of ether oxygens (including phenoxy) is 1. The van der Waals surface area contributed by atoms with Gasteiger partial charge in [-0.15, -0.1) is 0 Å². The van der Waals surface area contributed by atoms with E-state index >= 15 is 0 Å². The van der Waals surface area contributed by atoms with Gasteiger partial charge >= 0.3 is 0 Å². The summed E-state index contributed by atoms with van der Waals surface area (Å²) in [5.74, 6) is -0.901. The number of aromatic hydroxyl groups is 2. The lowest BCUT2D eigenvalue weighted by Crippen LogP contribution is -2.27. The second-order valence-corrected chi connectivity index (χ2v) is 3.97. The van der Waals surface area contributed by atoms with E-state index in [9.17, 15) is 9.90 Å². The predicted molar refractivity (Wildman–Crippen MR) is 67.7 cm³/mol. The minimum Gasteiger partial charge on any atom is -0.504 e. The van der Waals surface area contributed by atoms with Crippen molar-refractivity contribution in [1.29, 1.82) is 0 Å². The van der Waals surface area contributed by atoms with Crippen molar-refractivity contribution in [3.63, 3.8) is 0 Å². The van der Waals surface area contributed by atoms with Gasteiger partial charge in [0.25, 0.3) is 5.91 Å². The maximum Gasteiger partial charge on any atom is 0.251 e. The molecule has 1 amide bonds.